The maximum Gasteiger partial charge on any atom is 0.416 e. The van der Waals surface area contributed by atoms with Crippen molar-refractivity contribution in [3.63, 3.8) is 0 Å². The Balaban J connectivity index is 1.71. The largest absolute Gasteiger partial charge is 0.416 e. The molecule has 0 radical (unpaired) electrons. The lowest BCUT2D eigenvalue weighted by atomic mass is 10.0. The van der Waals surface area contributed by atoms with Gasteiger partial charge in [-0.25, -0.2) is 0 Å². The molecule has 31 heavy (non-hydrogen) atoms. The van der Waals surface area contributed by atoms with Gasteiger partial charge in [-0.05, 0) is 37.6 Å². The molecule has 0 N–H and O–H groups in total. The highest BCUT2D eigenvalue weighted by Gasteiger charge is 2.33. The van der Waals surface area contributed by atoms with Gasteiger partial charge in [-0.3, -0.25) is 14.7 Å². The molecule has 1 aliphatic rings. The van der Waals surface area contributed by atoms with E-state index in [0.29, 0.717) is 50.7 Å². The Morgan fingerprint density at radius 2 is 1.90 bits per heavy atom. The van der Waals surface area contributed by atoms with Gasteiger partial charge in [-0.1, -0.05) is 24.3 Å². The molecule has 3 rings (SSSR count). The van der Waals surface area contributed by atoms with Gasteiger partial charge in [0, 0.05) is 38.3 Å². The fourth-order valence-electron chi connectivity index (χ4n) is 3.81. The predicted octanol–water partition coefficient (Wildman–Crippen LogP) is 3.93. The Morgan fingerprint density at radius 3 is 2.61 bits per heavy atom. The number of halogens is 3. The van der Waals surface area contributed by atoms with Crippen molar-refractivity contribution in [3.05, 3.63) is 65.0 Å². The van der Waals surface area contributed by atoms with Crippen LogP contribution in [-0.4, -0.2) is 60.0 Å². The number of pyridine rings is 1. The topological polar surface area (TPSA) is 45.7 Å². The van der Waals surface area contributed by atoms with E-state index in [9.17, 15) is 18.0 Å². The average Bonchev–Trinajstić information content (AvgIpc) is 2.75. The summed E-state index contributed by atoms with van der Waals surface area (Å²) in [6.45, 7) is 7.22. The highest BCUT2D eigenvalue weighted by Crippen LogP contribution is 2.32. The Labute approximate surface area is 180 Å². The van der Waals surface area contributed by atoms with Gasteiger partial charge in [0.15, 0.2) is 0 Å². The van der Waals surface area contributed by atoms with Crippen LogP contribution in [0.3, 0.4) is 0 Å². The second-order valence-corrected chi connectivity index (χ2v) is 7.55. The van der Waals surface area contributed by atoms with Crippen LogP contribution in [0.25, 0.3) is 0 Å². The van der Waals surface area contributed by atoms with Crippen LogP contribution in [0.4, 0.5) is 13.2 Å². The Morgan fingerprint density at radius 1 is 1.16 bits per heavy atom. The molecular weight excluding hydrogens is 407 g/mol. The van der Waals surface area contributed by atoms with Crippen LogP contribution in [0.5, 0.6) is 0 Å². The van der Waals surface area contributed by atoms with Crippen molar-refractivity contribution in [2.24, 2.45) is 0 Å². The average molecular weight is 435 g/mol. The summed E-state index contributed by atoms with van der Waals surface area (Å²) in [6.07, 6.45) is -4.64. The highest BCUT2D eigenvalue weighted by molar-refractivity contribution is 5.78. The van der Waals surface area contributed by atoms with Crippen LogP contribution in [0.15, 0.2) is 42.5 Å². The van der Waals surface area contributed by atoms with E-state index in [0.717, 1.165) is 6.07 Å². The van der Waals surface area contributed by atoms with Crippen LogP contribution < -0.4 is 0 Å². The van der Waals surface area contributed by atoms with E-state index in [1.807, 2.05) is 24.8 Å². The first-order valence-corrected chi connectivity index (χ1v) is 10.5. The molecule has 0 bridgehead atoms. The maximum atomic E-state index is 13.3. The number of rotatable bonds is 7. The summed E-state index contributed by atoms with van der Waals surface area (Å²) in [4.78, 5) is 20.8. The van der Waals surface area contributed by atoms with Gasteiger partial charge in [0.1, 0.15) is 6.10 Å². The zero-order valence-electron chi connectivity index (χ0n) is 17.9. The molecule has 1 saturated heterocycles. The molecule has 1 aromatic heterocycles. The number of aromatic nitrogens is 1. The van der Waals surface area contributed by atoms with E-state index in [4.69, 9.17) is 4.74 Å². The molecule has 168 valence electrons. The van der Waals surface area contributed by atoms with Crippen molar-refractivity contribution >= 4 is 5.91 Å². The number of ether oxygens (including phenoxy) is 1. The summed E-state index contributed by atoms with van der Waals surface area (Å²) in [5.74, 6) is 0.0797. The van der Waals surface area contributed by atoms with Crippen molar-refractivity contribution < 1.29 is 22.7 Å². The molecule has 0 saturated carbocycles. The fourth-order valence-corrected chi connectivity index (χ4v) is 3.81. The number of carbonyl (C=O) groups is 1. The molecule has 5 nitrogen and oxygen atoms in total. The molecule has 8 heteroatoms. The summed E-state index contributed by atoms with van der Waals surface area (Å²) in [5.41, 5.74) is 0.768. The zero-order chi connectivity index (χ0) is 22.4. The van der Waals surface area contributed by atoms with Crippen LogP contribution in [0.1, 0.15) is 42.5 Å². The van der Waals surface area contributed by atoms with E-state index in [1.165, 1.54) is 12.1 Å². The van der Waals surface area contributed by atoms with E-state index in [1.54, 1.807) is 23.1 Å². The second-order valence-electron chi connectivity index (χ2n) is 7.55. The molecule has 2 heterocycles. The minimum absolute atomic E-state index is 0.0797. The number of amides is 1. The quantitative estimate of drug-likeness (QED) is 0.661. The van der Waals surface area contributed by atoms with Crippen molar-refractivity contribution in [1.29, 1.82) is 0 Å². The SMILES string of the molecule is CCN(CC)C(=O)CN1CCO[C@H](c2cccc(Cc3ccccc3C(F)(F)F)n2)C1. The van der Waals surface area contributed by atoms with Gasteiger partial charge in [0.05, 0.1) is 24.4 Å². The Bertz CT molecular complexity index is 884. The third-order valence-electron chi connectivity index (χ3n) is 5.48. The highest BCUT2D eigenvalue weighted by atomic mass is 19.4. The summed E-state index contributed by atoms with van der Waals surface area (Å²) in [6, 6.07) is 10.9. The molecular formula is C23H28F3N3O2. The third-order valence-corrected chi connectivity index (χ3v) is 5.48. The molecule has 2 aromatic rings. The van der Waals surface area contributed by atoms with Crippen molar-refractivity contribution in [2.75, 3.05) is 39.3 Å². The summed E-state index contributed by atoms with van der Waals surface area (Å²) >= 11 is 0. The number of benzene rings is 1. The van der Waals surface area contributed by atoms with Crippen LogP contribution >= 0.6 is 0 Å². The first-order valence-electron chi connectivity index (χ1n) is 10.5. The lowest BCUT2D eigenvalue weighted by Gasteiger charge is -2.33. The minimum Gasteiger partial charge on any atom is -0.369 e. The van der Waals surface area contributed by atoms with E-state index in [-0.39, 0.29) is 24.0 Å². The first kappa shape index (κ1) is 23.2. The Hall–Kier alpha value is -2.45. The Kier molecular flexibility index (Phi) is 7.67. The van der Waals surface area contributed by atoms with Gasteiger partial charge in [-0.15, -0.1) is 0 Å². The van der Waals surface area contributed by atoms with Crippen molar-refractivity contribution in [2.45, 2.75) is 32.5 Å². The monoisotopic (exact) mass is 435 g/mol. The number of likely N-dealkylation sites (N-methyl/N-ethyl adjacent to an activating group) is 1. The van der Waals surface area contributed by atoms with Gasteiger partial charge in [-0.2, -0.15) is 13.2 Å². The number of carbonyl (C=O) groups excluding carboxylic acids is 1. The van der Waals surface area contributed by atoms with Crippen LogP contribution in [0.2, 0.25) is 0 Å². The molecule has 1 aliphatic heterocycles. The molecule has 1 atom stereocenters. The van der Waals surface area contributed by atoms with Crippen molar-refractivity contribution in [1.82, 2.24) is 14.8 Å². The number of morpholine rings is 1. The molecule has 1 amide bonds. The number of hydrogen-bond donors (Lipinski definition) is 0. The third kappa shape index (κ3) is 6.04. The van der Waals surface area contributed by atoms with Gasteiger partial charge < -0.3 is 9.64 Å². The normalized spacial score (nSPS) is 17.5. The van der Waals surface area contributed by atoms with E-state index >= 15 is 0 Å². The molecule has 1 aromatic carbocycles. The summed E-state index contributed by atoms with van der Waals surface area (Å²) in [5, 5.41) is 0. The molecule has 0 aliphatic carbocycles. The van der Waals surface area contributed by atoms with Gasteiger partial charge in [0.25, 0.3) is 0 Å². The molecule has 0 unspecified atom stereocenters. The second kappa shape index (κ2) is 10.2. The fraction of sp³-hybridized carbons (Fsp3) is 0.478. The van der Waals surface area contributed by atoms with Crippen LogP contribution in [0, 0.1) is 0 Å². The summed E-state index contributed by atoms with van der Waals surface area (Å²) in [7, 11) is 0. The lowest BCUT2D eigenvalue weighted by Crippen LogP contribution is -2.45. The predicted molar refractivity (Wildman–Crippen MR) is 112 cm³/mol. The van der Waals surface area contributed by atoms with Crippen molar-refractivity contribution in [3.8, 4) is 0 Å². The van der Waals surface area contributed by atoms with Gasteiger partial charge >= 0.3 is 6.18 Å². The van der Waals surface area contributed by atoms with Crippen LogP contribution in [-0.2, 0) is 22.1 Å². The molecule has 0 spiro atoms. The first-order chi connectivity index (χ1) is 14.8. The van der Waals surface area contributed by atoms with E-state index in [2.05, 4.69) is 4.98 Å². The number of alkyl halides is 3. The van der Waals surface area contributed by atoms with Gasteiger partial charge in [0.2, 0.25) is 5.91 Å². The number of nitrogens with zero attached hydrogens (tertiary/aromatic N) is 3. The smallest absolute Gasteiger partial charge is 0.369 e. The maximum absolute atomic E-state index is 13.3. The van der Waals surface area contributed by atoms with E-state index < -0.39 is 11.7 Å². The lowest BCUT2D eigenvalue weighted by molar-refractivity contribution is -0.138. The zero-order valence-corrected chi connectivity index (χ0v) is 17.9. The molecule has 1 fully saturated rings. The summed E-state index contributed by atoms with van der Waals surface area (Å²) < 4.78 is 45.8. The number of hydrogen-bond acceptors (Lipinski definition) is 4. The minimum atomic E-state index is -4.40. The standard InChI is InChI=1S/C23H28F3N3O2/c1-3-29(4-2)22(30)16-28-12-13-31-21(15-28)20-11-7-9-18(27-20)14-17-8-5-6-10-19(17)23(24,25)26/h5-11,21H,3-4,12-16H2,1-2H3/t21-/m0/s1.